The van der Waals surface area contributed by atoms with Gasteiger partial charge in [0.05, 0.1) is 14.2 Å². The fourth-order valence-electron chi connectivity index (χ4n) is 2.59. The molecule has 2 N–H and O–H groups in total. The van der Waals surface area contributed by atoms with Crippen LogP contribution in [0.4, 0.5) is 4.39 Å². The summed E-state index contributed by atoms with van der Waals surface area (Å²) in [6.07, 6.45) is 2.59. The number of hydrogen-bond acceptors (Lipinski definition) is 3. The highest BCUT2D eigenvalue weighted by Gasteiger charge is 2.37. The van der Waals surface area contributed by atoms with Crippen LogP contribution in [0.2, 0.25) is 0 Å². The summed E-state index contributed by atoms with van der Waals surface area (Å²) in [4.78, 5) is 0. The average Bonchev–Trinajstić information content (AvgIpc) is 2.37. The van der Waals surface area contributed by atoms with E-state index in [0.29, 0.717) is 29.9 Å². The third-order valence-corrected chi connectivity index (χ3v) is 3.60. The summed E-state index contributed by atoms with van der Waals surface area (Å²) in [6.45, 7) is 0. The molecular formula is C14H20FNO2. The van der Waals surface area contributed by atoms with Gasteiger partial charge >= 0.3 is 0 Å². The summed E-state index contributed by atoms with van der Waals surface area (Å²) in [7, 11) is 3.13. The molecule has 0 spiro atoms. The molecule has 18 heavy (non-hydrogen) atoms. The molecule has 1 aromatic rings. The van der Waals surface area contributed by atoms with Gasteiger partial charge in [0.1, 0.15) is 17.2 Å². The van der Waals surface area contributed by atoms with Gasteiger partial charge in [-0.2, -0.15) is 0 Å². The van der Waals surface area contributed by atoms with Gasteiger partial charge in [0, 0.05) is 18.5 Å². The summed E-state index contributed by atoms with van der Waals surface area (Å²) >= 11 is 0. The van der Waals surface area contributed by atoms with Crippen LogP contribution in [0.5, 0.6) is 11.5 Å². The van der Waals surface area contributed by atoms with Crippen molar-refractivity contribution < 1.29 is 13.9 Å². The summed E-state index contributed by atoms with van der Waals surface area (Å²) in [6, 6.07) is 5.15. The third kappa shape index (κ3) is 2.58. The Morgan fingerprint density at radius 1 is 1.22 bits per heavy atom. The van der Waals surface area contributed by atoms with Crippen molar-refractivity contribution in [3.05, 3.63) is 23.8 Å². The zero-order chi connectivity index (χ0) is 13.2. The predicted molar refractivity (Wildman–Crippen MR) is 68.8 cm³/mol. The van der Waals surface area contributed by atoms with Crippen molar-refractivity contribution in [2.24, 2.45) is 5.73 Å². The molecule has 0 aromatic heterocycles. The number of hydrogen-bond donors (Lipinski definition) is 1. The predicted octanol–water partition coefficient (Wildman–Crippen LogP) is 2.77. The van der Waals surface area contributed by atoms with Crippen molar-refractivity contribution in [3.63, 3.8) is 0 Å². The monoisotopic (exact) mass is 253 g/mol. The zero-order valence-corrected chi connectivity index (χ0v) is 10.9. The Morgan fingerprint density at radius 2 is 1.83 bits per heavy atom. The summed E-state index contributed by atoms with van der Waals surface area (Å²) in [5, 5.41) is 0. The van der Waals surface area contributed by atoms with Crippen LogP contribution in [0, 0.1) is 0 Å². The SMILES string of the molecule is COc1cc(OC)cc(C2(F)CCCC(N)C2)c1. The maximum atomic E-state index is 15.0. The summed E-state index contributed by atoms with van der Waals surface area (Å²) in [5.41, 5.74) is 5.13. The quantitative estimate of drug-likeness (QED) is 0.900. The molecule has 1 aliphatic rings. The standard InChI is InChI=1S/C14H20FNO2/c1-17-12-6-10(7-13(8-12)18-2)14(15)5-3-4-11(16)9-14/h6-8,11H,3-5,9,16H2,1-2H3. The van der Waals surface area contributed by atoms with Crippen LogP contribution in [0.15, 0.2) is 18.2 Å². The molecule has 2 atom stereocenters. The molecule has 2 unspecified atom stereocenters. The second-order valence-electron chi connectivity index (χ2n) is 4.92. The van der Waals surface area contributed by atoms with Crippen LogP contribution in [-0.4, -0.2) is 20.3 Å². The highest BCUT2D eigenvalue weighted by molar-refractivity contribution is 5.41. The number of ether oxygens (including phenoxy) is 2. The van der Waals surface area contributed by atoms with E-state index < -0.39 is 5.67 Å². The number of rotatable bonds is 3. The summed E-state index contributed by atoms with van der Waals surface area (Å²) < 4.78 is 25.4. The Balaban J connectivity index is 2.36. The third-order valence-electron chi connectivity index (χ3n) is 3.60. The minimum Gasteiger partial charge on any atom is -0.497 e. The molecule has 100 valence electrons. The van der Waals surface area contributed by atoms with E-state index >= 15 is 0 Å². The van der Waals surface area contributed by atoms with Crippen molar-refractivity contribution in [1.29, 1.82) is 0 Å². The van der Waals surface area contributed by atoms with Crippen molar-refractivity contribution in [2.45, 2.75) is 37.4 Å². The first-order chi connectivity index (χ1) is 8.57. The smallest absolute Gasteiger partial charge is 0.137 e. The van der Waals surface area contributed by atoms with E-state index in [1.165, 1.54) is 0 Å². The van der Waals surface area contributed by atoms with E-state index in [-0.39, 0.29) is 6.04 Å². The fourth-order valence-corrected chi connectivity index (χ4v) is 2.59. The van der Waals surface area contributed by atoms with Crippen LogP contribution in [0.1, 0.15) is 31.2 Å². The van der Waals surface area contributed by atoms with Gasteiger partial charge in [0.25, 0.3) is 0 Å². The van der Waals surface area contributed by atoms with Gasteiger partial charge in [-0.1, -0.05) is 0 Å². The molecule has 0 saturated heterocycles. The molecule has 0 bridgehead atoms. The molecular weight excluding hydrogens is 233 g/mol. The molecule has 0 heterocycles. The Bertz CT molecular complexity index is 402. The van der Waals surface area contributed by atoms with Gasteiger partial charge in [0.2, 0.25) is 0 Å². The molecule has 0 amide bonds. The first kappa shape index (κ1) is 13.1. The normalized spacial score (nSPS) is 27.9. The average molecular weight is 253 g/mol. The Morgan fingerprint density at radius 3 is 2.33 bits per heavy atom. The van der Waals surface area contributed by atoms with E-state index in [0.717, 1.165) is 12.8 Å². The van der Waals surface area contributed by atoms with Gasteiger partial charge in [-0.25, -0.2) is 4.39 Å². The zero-order valence-electron chi connectivity index (χ0n) is 10.9. The van der Waals surface area contributed by atoms with Gasteiger partial charge in [-0.15, -0.1) is 0 Å². The van der Waals surface area contributed by atoms with E-state index in [4.69, 9.17) is 15.2 Å². The Kier molecular flexibility index (Phi) is 3.76. The van der Waals surface area contributed by atoms with Gasteiger partial charge in [0.15, 0.2) is 0 Å². The van der Waals surface area contributed by atoms with Crippen LogP contribution in [-0.2, 0) is 5.67 Å². The van der Waals surface area contributed by atoms with E-state index in [1.54, 1.807) is 32.4 Å². The minimum atomic E-state index is -1.36. The lowest BCUT2D eigenvalue weighted by atomic mass is 9.79. The van der Waals surface area contributed by atoms with E-state index in [1.807, 2.05) is 0 Å². The van der Waals surface area contributed by atoms with Crippen molar-refractivity contribution in [2.75, 3.05) is 14.2 Å². The lowest BCUT2D eigenvalue weighted by Crippen LogP contribution is -2.36. The number of methoxy groups -OCH3 is 2. The lowest BCUT2D eigenvalue weighted by molar-refractivity contribution is 0.0942. The Hall–Kier alpha value is -1.29. The summed E-state index contributed by atoms with van der Waals surface area (Å²) in [5.74, 6) is 1.22. The first-order valence-corrected chi connectivity index (χ1v) is 6.25. The molecule has 3 nitrogen and oxygen atoms in total. The maximum Gasteiger partial charge on any atom is 0.137 e. The van der Waals surface area contributed by atoms with Crippen LogP contribution < -0.4 is 15.2 Å². The minimum absolute atomic E-state index is 0.0686. The molecule has 0 radical (unpaired) electrons. The molecule has 4 heteroatoms. The van der Waals surface area contributed by atoms with Crippen LogP contribution in [0.3, 0.4) is 0 Å². The Labute approximate surface area is 107 Å². The largest absolute Gasteiger partial charge is 0.497 e. The number of alkyl halides is 1. The number of nitrogens with two attached hydrogens (primary N) is 1. The second kappa shape index (κ2) is 5.14. The molecule has 1 aliphatic carbocycles. The van der Waals surface area contributed by atoms with Gasteiger partial charge in [-0.05, 0) is 37.0 Å². The van der Waals surface area contributed by atoms with E-state index in [9.17, 15) is 4.39 Å². The highest BCUT2D eigenvalue weighted by Crippen LogP contribution is 2.42. The van der Waals surface area contributed by atoms with Crippen LogP contribution in [0.25, 0.3) is 0 Å². The number of benzene rings is 1. The molecule has 0 aliphatic heterocycles. The van der Waals surface area contributed by atoms with Crippen molar-refractivity contribution >= 4 is 0 Å². The molecule has 2 rings (SSSR count). The lowest BCUT2D eigenvalue weighted by Gasteiger charge is -2.33. The fraction of sp³-hybridized carbons (Fsp3) is 0.571. The maximum absolute atomic E-state index is 15.0. The number of halogens is 1. The first-order valence-electron chi connectivity index (χ1n) is 6.25. The van der Waals surface area contributed by atoms with Crippen molar-refractivity contribution in [3.8, 4) is 11.5 Å². The van der Waals surface area contributed by atoms with Crippen molar-refractivity contribution in [1.82, 2.24) is 0 Å². The molecule has 1 fully saturated rings. The van der Waals surface area contributed by atoms with Gasteiger partial charge < -0.3 is 15.2 Å². The van der Waals surface area contributed by atoms with E-state index in [2.05, 4.69) is 0 Å². The highest BCUT2D eigenvalue weighted by atomic mass is 19.1. The molecule has 1 aromatic carbocycles. The molecule has 1 saturated carbocycles. The van der Waals surface area contributed by atoms with Gasteiger partial charge in [-0.3, -0.25) is 0 Å². The second-order valence-corrected chi connectivity index (χ2v) is 4.92. The topological polar surface area (TPSA) is 44.5 Å². The van der Waals surface area contributed by atoms with Crippen LogP contribution >= 0.6 is 0 Å².